The third-order valence-corrected chi connectivity index (χ3v) is 3.65. The minimum Gasteiger partial charge on any atom is -0.368 e. The maximum atomic E-state index is 11.9. The lowest BCUT2D eigenvalue weighted by molar-refractivity contribution is -0.117. The van der Waals surface area contributed by atoms with Crippen LogP contribution in [0.15, 0.2) is 41.9 Å². The summed E-state index contributed by atoms with van der Waals surface area (Å²) in [4.78, 5) is 29.3. The zero-order valence-corrected chi connectivity index (χ0v) is 15.6. The van der Waals surface area contributed by atoms with Gasteiger partial charge in [0.1, 0.15) is 0 Å². The predicted molar refractivity (Wildman–Crippen MR) is 105 cm³/mol. The molecule has 0 heterocycles. The zero-order chi connectivity index (χ0) is 19.4. The largest absolute Gasteiger partial charge is 0.368 e. The van der Waals surface area contributed by atoms with Crippen molar-refractivity contribution in [2.45, 2.75) is 26.3 Å². The Balaban J connectivity index is 2.67. The summed E-state index contributed by atoms with van der Waals surface area (Å²) >= 11 is 0. The smallest absolute Gasteiger partial charge is 0.251 e. The molecule has 0 aliphatic heterocycles. The Bertz CT molecular complexity index is 625. The lowest BCUT2D eigenvalue weighted by atomic mass is 10.1. The van der Waals surface area contributed by atoms with Gasteiger partial charge in [-0.05, 0) is 37.5 Å². The second-order valence-corrected chi connectivity index (χ2v) is 5.87. The molecule has 1 rings (SSSR count). The van der Waals surface area contributed by atoms with Crippen molar-refractivity contribution in [3.05, 3.63) is 48.0 Å². The van der Waals surface area contributed by atoms with Crippen molar-refractivity contribution in [2.75, 3.05) is 26.7 Å². The van der Waals surface area contributed by atoms with Gasteiger partial charge in [0.25, 0.3) is 5.91 Å². The molecule has 0 saturated carbocycles. The van der Waals surface area contributed by atoms with Crippen LogP contribution in [0.3, 0.4) is 0 Å². The molecule has 0 aliphatic carbocycles. The van der Waals surface area contributed by atoms with E-state index in [-0.39, 0.29) is 12.5 Å². The van der Waals surface area contributed by atoms with E-state index in [9.17, 15) is 9.59 Å². The zero-order valence-electron chi connectivity index (χ0n) is 15.6. The van der Waals surface area contributed by atoms with E-state index in [2.05, 4.69) is 27.1 Å². The minimum absolute atomic E-state index is 0.172. The Hall–Kier alpha value is -2.83. The first-order valence-electron chi connectivity index (χ1n) is 8.73. The number of benzene rings is 1. The van der Waals surface area contributed by atoms with Gasteiger partial charge in [0.15, 0.2) is 5.96 Å². The van der Waals surface area contributed by atoms with Gasteiger partial charge in [-0.15, -0.1) is 6.58 Å². The van der Waals surface area contributed by atoms with Crippen LogP contribution in [-0.2, 0) is 11.3 Å². The summed E-state index contributed by atoms with van der Waals surface area (Å²) in [5.41, 5.74) is 6.49. The summed E-state index contributed by atoms with van der Waals surface area (Å²) in [6.07, 6.45) is 3.92. The normalized spacial score (nSPS) is 10.9. The average Bonchev–Trinajstić information content (AvgIpc) is 2.63. The number of hydrogen-bond acceptors (Lipinski definition) is 3. The fourth-order valence-electron chi connectivity index (χ4n) is 2.25. The highest BCUT2D eigenvalue weighted by Crippen LogP contribution is 2.06. The molecule has 0 spiro atoms. The highest BCUT2D eigenvalue weighted by atomic mass is 16.2. The number of guanidine groups is 1. The van der Waals surface area contributed by atoms with Crippen LogP contribution in [0.1, 0.15) is 35.7 Å². The predicted octanol–water partition coefficient (Wildman–Crippen LogP) is 1.27. The van der Waals surface area contributed by atoms with Gasteiger partial charge in [0.2, 0.25) is 5.91 Å². The molecule has 7 nitrogen and oxygen atoms in total. The molecular formula is C19H29N5O2. The molecule has 2 amide bonds. The Morgan fingerprint density at radius 3 is 2.54 bits per heavy atom. The van der Waals surface area contributed by atoms with Crippen LogP contribution in [0.2, 0.25) is 0 Å². The molecule has 0 aliphatic rings. The molecule has 7 heteroatoms. The third-order valence-electron chi connectivity index (χ3n) is 3.65. The van der Waals surface area contributed by atoms with E-state index in [0.717, 1.165) is 37.5 Å². The summed E-state index contributed by atoms with van der Waals surface area (Å²) in [7, 11) is 2.01. The molecule has 4 N–H and O–H groups in total. The van der Waals surface area contributed by atoms with E-state index in [1.807, 2.05) is 32.2 Å². The van der Waals surface area contributed by atoms with Crippen molar-refractivity contribution in [1.82, 2.24) is 15.5 Å². The fourth-order valence-corrected chi connectivity index (χ4v) is 2.25. The van der Waals surface area contributed by atoms with Crippen LogP contribution >= 0.6 is 0 Å². The van der Waals surface area contributed by atoms with Crippen LogP contribution in [-0.4, -0.2) is 49.4 Å². The molecule has 0 fully saturated rings. The molecule has 0 radical (unpaired) electrons. The van der Waals surface area contributed by atoms with E-state index in [0.29, 0.717) is 12.1 Å². The van der Waals surface area contributed by atoms with Crippen molar-refractivity contribution in [3.8, 4) is 0 Å². The average molecular weight is 359 g/mol. The van der Waals surface area contributed by atoms with Crippen molar-refractivity contribution in [1.29, 1.82) is 0 Å². The van der Waals surface area contributed by atoms with Gasteiger partial charge >= 0.3 is 0 Å². The van der Waals surface area contributed by atoms with E-state index in [4.69, 9.17) is 5.73 Å². The molecule has 0 atom stereocenters. The number of carbonyl (C=O) groups excluding carboxylic acids is 2. The summed E-state index contributed by atoms with van der Waals surface area (Å²) in [6.45, 7) is 7.81. The van der Waals surface area contributed by atoms with Crippen LogP contribution in [0.5, 0.6) is 0 Å². The van der Waals surface area contributed by atoms with E-state index < -0.39 is 5.91 Å². The number of carbonyl (C=O) groups is 2. The number of allylic oxidation sites excluding steroid dienone is 1. The first kappa shape index (κ1) is 21.2. The number of unbranched alkanes of at least 4 members (excludes halogenated alkanes) is 1. The maximum absolute atomic E-state index is 11.9. The minimum atomic E-state index is -0.572. The molecule has 0 aromatic heterocycles. The number of nitrogens with two attached hydrogens (primary N) is 1. The fraction of sp³-hybridized carbons (Fsp3) is 0.421. The quantitative estimate of drug-likeness (QED) is 0.253. The lowest BCUT2D eigenvalue weighted by Crippen LogP contribution is -2.39. The number of primary amides is 1. The molecule has 0 bridgehead atoms. The van der Waals surface area contributed by atoms with E-state index in [1.165, 1.54) is 0 Å². The number of rotatable bonds is 10. The maximum Gasteiger partial charge on any atom is 0.251 e. The lowest BCUT2D eigenvalue weighted by Gasteiger charge is -2.21. The second kappa shape index (κ2) is 11.7. The summed E-state index contributed by atoms with van der Waals surface area (Å²) in [5.74, 6) is -0.0496. The van der Waals surface area contributed by atoms with Gasteiger partial charge in [-0.2, -0.15) is 0 Å². The molecule has 142 valence electrons. The van der Waals surface area contributed by atoms with Crippen molar-refractivity contribution >= 4 is 17.8 Å². The Morgan fingerprint density at radius 2 is 1.96 bits per heavy atom. The van der Waals surface area contributed by atoms with Gasteiger partial charge in [0, 0.05) is 25.7 Å². The van der Waals surface area contributed by atoms with Crippen LogP contribution in [0.4, 0.5) is 0 Å². The number of aliphatic imine (C=N–C) groups is 1. The SMILES string of the molecule is C=CCCCN(C)C(=NCc1ccc(C(=O)NCC(N)=O)cc1)NCC. The molecule has 26 heavy (non-hydrogen) atoms. The van der Waals surface area contributed by atoms with Gasteiger partial charge < -0.3 is 21.3 Å². The Kier molecular flexibility index (Phi) is 9.53. The topological polar surface area (TPSA) is 99.8 Å². The standard InChI is InChI=1S/C19H29N5O2/c1-4-6-7-12-24(3)19(21-5-2)23-13-15-8-10-16(11-9-15)18(26)22-14-17(20)25/h4,8-11H,1,5-7,12-14H2,2-3H3,(H2,20,25)(H,21,23)(H,22,26). The van der Waals surface area contributed by atoms with E-state index >= 15 is 0 Å². The van der Waals surface area contributed by atoms with Crippen LogP contribution < -0.4 is 16.4 Å². The van der Waals surface area contributed by atoms with Gasteiger partial charge in [0.05, 0.1) is 13.1 Å². The van der Waals surface area contributed by atoms with E-state index in [1.54, 1.807) is 12.1 Å². The Morgan fingerprint density at radius 1 is 1.27 bits per heavy atom. The monoisotopic (exact) mass is 359 g/mol. The van der Waals surface area contributed by atoms with Gasteiger partial charge in [-0.1, -0.05) is 18.2 Å². The van der Waals surface area contributed by atoms with Gasteiger partial charge in [-0.3, -0.25) is 9.59 Å². The van der Waals surface area contributed by atoms with Crippen LogP contribution in [0, 0.1) is 0 Å². The second-order valence-electron chi connectivity index (χ2n) is 5.87. The third kappa shape index (κ3) is 7.83. The number of nitrogens with zero attached hydrogens (tertiary/aromatic N) is 2. The summed E-state index contributed by atoms with van der Waals surface area (Å²) < 4.78 is 0. The van der Waals surface area contributed by atoms with Gasteiger partial charge in [-0.25, -0.2) is 4.99 Å². The number of hydrogen-bond donors (Lipinski definition) is 3. The number of amides is 2. The molecule has 1 aromatic rings. The first-order chi connectivity index (χ1) is 12.5. The van der Waals surface area contributed by atoms with Crippen molar-refractivity contribution in [2.24, 2.45) is 10.7 Å². The number of nitrogens with one attached hydrogen (secondary N) is 2. The van der Waals surface area contributed by atoms with Crippen molar-refractivity contribution < 1.29 is 9.59 Å². The van der Waals surface area contributed by atoms with Crippen LogP contribution in [0.25, 0.3) is 0 Å². The molecule has 0 saturated heterocycles. The molecular weight excluding hydrogens is 330 g/mol. The highest BCUT2D eigenvalue weighted by Gasteiger charge is 2.07. The summed E-state index contributed by atoms with van der Waals surface area (Å²) in [6, 6.07) is 7.12. The summed E-state index contributed by atoms with van der Waals surface area (Å²) in [5, 5.41) is 5.74. The molecule has 0 unspecified atom stereocenters. The highest BCUT2D eigenvalue weighted by molar-refractivity contribution is 5.96. The first-order valence-corrected chi connectivity index (χ1v) is 8.73. The Labute approximate surface area is 155 Å². The van der Waals surface area contributed by atoms with Crippen molar-refractivity contribution in [3.63, 3.8) is 0 Å². The molecule has 1 aromatic carbocycles.